The quantitative estimate of drug-likeness (QED) is 0.625. The van der Waals surface area contributed by atoms with E-state index in [4.69, 9.17) is 4.74 Å². The summed E-state index contributed by atoms with van der Waals surface area (Å²) in [4.78, 5) is 34.8. The molecule has 142 valence electrons. The highest BCUT2D eigenvalue weighted by Gasteiger charge is 2.44. The smallest absolute Gasteiger partial charge is 0.274 e. The van der Waals surface area contributed by atoms with E-state index >= 15 is 0 Å². The van der Waals surface area contributed by atoms with E-state index in [1.807, 2.05) is 0 Å². The van der Waals surface area contributed by atoms with E-state index in [1.165, 1.54) is 42.0 Å². The Kier molecular flexibility index (Phi) is 4.48. The summed E-state index contributed by atoms with van der Waals surface area (Å²) < 4.78 is 7.05. The fraction of sp³-hybridized carbons (Fsp3) is 0.333. The van der Waals surface area contributed by atoms with E-state index in [0.29, 0.717) is 11.3 Å². The first kappa shape index (κ1) is 18.6. The van der Waals surface area contributed by atoms with Gasteiger partial charge in [0.2, 0.25) is 5.91 Å². The summed E-state index contributed by atoms with van der Waals surface area (Å²) in [7, 11) is 0. The summed E-state index contributed by atoms with van der Waals surface area (Å²) in [6.45, 7) is 4.61. The van der Waals surface area contributed by atoms with Gasteiger partial charge in [-0.1, -0.05) is 0 Å². The fourth-order valence-corrected chi connectivity index (χ4v) is 3.18. The second-order valence-corrected chi connectivity index (χ2v) is 6.89. The fourth-order valence-electron chi connectivity index (χ4n) is 3.18. The number of nitro groups is 1. The molecule has 2 atom stereocenters. The largest absolute Gasteiger partial charge is 0.485 e. The van der Waals surface area contributed by atoms with Crippen molar-refractivity contribution in [3.63, 3.8) is 0 Å². The number of rotatable bonds is 3. The van der Waals surface area contributed by atoms with Gasteiger partial charge >= 0.3 is 0 Å². The molecular weight excluding hydrogens is 354 g/mol. The summed E-state index contributed by atoms with van der Waals surface area (Å²) in [6.07, 6.45) is 0.295. The third kappa shape index (κ3) is 3.28. The third-order valence-electron chi connectivity index (χ3n) is 4.49. The molecule has 1 aliphatic rings. The molecule has 2 N–H and O–H groups in total. The van der Waals surface area contributed by atoms with Crippen molar-refractivity contribution in [1.82, 2.24) is 4.57 Å². The molecule has 0 fully saturated rings. The minimum Gasteiger partial charge on any atom is -0.485 e. The standard InChI is InChI=1S/C18H19N3O6/c1-10(22)19-13-5-4-8-20(17(13)24)15-12-9-11(21(25)26)6-7-14(12)27-18(2,3)16(15)23/h4-9,15-16,23H,1-3H3,(H,19,22). The van der Waals surface area contributed by atoms with Gasteiger partial charge < -0.3 is 19.7 Å². The molecule has 1 aromatic heterocycles. The van der Waals surface area contributed by atoms with Crippen LogP contribution in [-0.2, 0) is 4.79 Å². The zero-order chi connectivity index (χ0) is 19.9. The number of non-ortho nitro benzene ring substituents is 1. The highest BCUT2D eigenvalue weighted by atomic mass is 16.6. The second kappa shape index (κ2) is 6.51. The van der Waals surface area contributed by atoms with Gasteiger partial charge in [0.15, 0.2) is 0 Å². The number of amides is 1. The number of ether oxygens (including phenoxy) is 1. The molecule has 2 heterocycles. The molecule has 0 saturated heterocycles. The average molecular weight is 373 g/mol. The van der Waals surface area contributed by atoms with Crippen LogP contribution in [0.15, 0.2) is 41.3 Å². The monoisotopic (exact) mass is 373 g/mol. The van der Waals surface area contributed by atoms with Crippen LogP contribution in [0.5, 0.6) is 5.75 Å². The highest BCUT2D eigenvalue weighted by molar-refractivity contribution is 5.88. The SMILES string of the molecule is CC(=O)Nc1cccn(C2c3cc([N+](=O)[O-])ccc3OC(C)(C)C2O)c1=O. The topological polar surface area (TPSA) is 124 Å². The molecule has 2 aromatic rings. The van der Waals surface area contributed by atoms with Crippen LogP contribution in [0, 0.1) is 10.1 Å². The summed E-state index contributed by atoms with van der Waals surface area (Å²) in [5, 5.41) is 24.5. The van der Waals surface area contributed by atoms with Gasteiger partial charge in [0, 0.05) is 30.8 Å². The maximum atomic E-state index is 12.9. The number of aliphatic hydroxyl groups is 1. The van der Waals surface area contributed by atoms with Gasteiger partial charge in [-0.05, 0) is 32.0 Å². The zero-order valence-electron chi connectivity index (χ0n) is 15.0. The number of nitro benzene ring substituents is 1. The third-order valence-corrected chi connectivity index (χ3v) is 4.49. The summed E-state index contributed by atoms with van der Waals surface area (Å²) in [5.41, 5.74) is -1.39. The summed E-state index contributed by atoms with van der Waals surface area (Å²) in [5.74, 6) is -0.0635. The number of nitrogens with zero attached hydrogens (tertiary/aromatic N) is 2. The normalized spacial score (nSPS) is 20.3. The van der Waals surface area contributed by atoms with Crippen LogP contribution in [0.1, 0.15) is 32.4 Å². The molecule has 9 heteroatoms. The van der Waals surface area contributed by atoms with Crippen LogP contribution >= 0.6 is 0 Å². The lowest BCUT2D eigenvalue weighted by Gasteiger charge is -2.42. The molecule has 0 aliphatic carbocycles. The van der Waals surface area contributed by atoms with Crippen LogP contribution in [0.25, 0.3) is 0 Å². The van der Waals surface area contributed by atoms with E-state index in [2.05, 4.69) is 5.32 Å². The Balaban J connectivity index is 2.23. The minimum absolute atomic E-state index is 0.0495. The van der Waals surface area contributed by atoms with Gasteiger partial charge in [0.1, 0.15) is 23.1 Å². The lowest BCUT2D eigenvalue weighted by molar-refractivity contribution is -0.385. The van der Waals surface area contributed by atoms with Crippen molar-refractivity contribution in [1.29, 1.82) is 0 Å². The molecule has 1 aromatic carbocycles. The number of aromatic nitrogens is 1. The lowest BCUT2D eigenvalue weighted by Crippen LogP contribution is -2.52. The summed E-state index contributed by atoms with van der Waals surface area (Å²) >= 11 is 0. The van der Waals surface area contributed by atoms with E-state index < -0.39 is 34.1 Å². The van der Waals surface area contributed by atoms with Crippen LogP contribution in [-0.4, -0.2) is 32.2 Å². The highest BCUT2D eigenvalue weighted by Crippen LogP contribution is 2.42. The molecule has 1 amide bonds. The minimum atomic E-state index is -1.17. The average Bonchev–Trinajstić information content (AvgIpc) is 2.57. The Morgan fingerprint density at radius 3 is 2.70 bits per heavy atom. The molecule has 0 radical (unpaired) electrons. The molecule has 0 spiro atoms. The van der Waals surface area contributed by atoms with Gasteiger partial charge in [0.05, 0.1) is 11.0 Å². The first-order chi connectivity index (χ1) is 12.6. The Morgan fingerprint density at radius 1 is 1.37 bits per heavy atom. The van der Waals surface area contributed by atoms with Crippen molar-refractivity contribution in [2.75, 3.05) is 5.32 Å². The Labute approximate surface area is 154 Å². The Bertz CT molecular complexity index is 981. The number of anilines is 1. The number of nitrogens with one attached hydrogen (secondary N) is 1. The number of aliphatic hydroxyl groups excluding tert-OH is 1. The molecular formula is C18H19N3O6. The van der Waals surface area contributed by atoms with Crippen molar-refractivity contribution < 1.29 is 19.6 Å². The van der Waals surface area contributed by atoms with Crippen molar-refractivity contribution in [3.8, 4) is 5.75 Å². The van der Waals surface area contributed by atoms with Gasteiger partial charge in [-0.3, -0.25) is 19.7 Å². The number of fused-ring (bicyclic) bond motifs is 1. The van der Waals surface area contributed by atoms with Gasteiger partial charge in [0.25, 0.3) is 11.2 Å². The molecule has 2 unspecified atom stereocenters. The number of hydrogen-bond acceptors (Lipinski definition) is 6. The van der Waals surface area contributed by atoms with Crippen LogP contribution < -0.4 is 15.6 Å². The number of carbonyl (C=O) groups is 1. The molecule has 27 heavy (non-hydrogen) atoms. The first-order valence-corrected chi connectivity index (χ1v) is 8.26. The van der Waals surface area contributed by atoms with Gasteiger partial charge in [-0.15, -0.1) is 0 Å². The maximum absolute atomic E-state index is 12.9. The first-order valence-electron chi connectivity index (χ1n) is 8.26. The summed E-state index contributed by atoms with van der Waals surface area (Å²) in [6, 6.07) is 6.13. The predicted molar refractivity (Wildman–Crippen MR) is 97.0 cm³/mol. The van der Waals surface area contributed by atoms with Crippen molar-refractivity contribution in [2.45, 2.75) is 38.5 Å². The zero-order valence-corrected chi connectivity index (χ0v) is 15.0. The second-order valence-electron chi connectivity index (χ2n) is 6.89. The van der Waals surface area contributed by atoms with Crippen LogP contribution in [0.2, 0.25) is 0 Å². The van der Waals surface area contributed by atoms with Crippen molar-refractivity contribution >= 4 is 17.3 Å². The number of pyridine rings is 1. The van der Waals surface area contributed by atoms with E-state index in [0.717, 1.165) is 0 Å². The van der Waals surface area contributed by atoms with Crippen LogP contribution in [0.4, 0.5) is 11.4 Å². The van der Waals surface area contributed by atoms with Crippen molar-refractivity contribution in [3.05, 3.63) is 62.6 Å². The predicted octanol–water partition coefficient (Wildman–Crippen LogP) is 1.84. The number of hydrogen-bond donors (Lipinski definition) is 2. The molecule has 1 aliphatic heterocycles. The van der Waals surface area contributed by atoms with Crippen LogP contribution in [0.3, 0.4) is 0 Å². The Morgan fingerprint density at radius 2 is 2.07 bits per heavy atom. The molecule has 0 bridgehead atoms. The van der Waals surface area contributed by atoms with E-state index in [9.17, 15) is 24.8 Å². The maximum Gasteiger partial charge on any atom is 0.274 e. The molecule has 0 saturated carbocycles. The lowest BCUT2D eigenvalue weighted by atomic mass is 9.86. The van der Waals surface area contributed by atoms with Gasteiger partial charge in [-0.25, -0.2) is 0 Å². The number of benzene rings is 1. The van der Waals surface area contributed by atoms with Gasteiger partial charge in [-0.2, -0.15) is 0 Å². The van der Waals surface area contributed by atoms with Crippen molar-refractivity contribution in [2.24, 2.45) is 0 Å². The Hall–Kier alpha value is -3.20. The molecule has 3 rings (SSSR count). The molecule has 9 nitrogen and oxygen atoms in total. The van der Waals surface area contributed by atoms with E-state index in [-0.39, 0.29) is 11.4 Å². The van der Waals surface area contributed by atoms with E-state index in [1.54, 1.807) is 19.9 Å². The number of carbonyl (C=O) groups excluding carboxylic acids is 1.